The Balaban J connectivity index is 1.63. The van der Waals surface area contributed by atoms with Crippen LogP contribution in [0.1, 0.15) is 5.56 Å². The molecule has 0 spiro atoms. The van der Waals surface area contributed by atoms with Crippen LogP contribution >= 0.6 is 11.6 Å². The Hall–Kier alpha value is -4.73. The Morgan fingerprint density at radius 3 is 2.33 bits per heavy atom. The molecule has 1 amide bonds. The van der Waals surface area contributed by atoms with E-state index in [0.717, 1.165) is 10.4 Å². The number of hydrogen-bond donors (Lipinski definition) is 2. The molecular formula is C27H24ClN5O8S2. The van der Waals surface area contributed by atoms with Crippen molar-refractivity contribution < 1.29 is 31.3 Å². The lowest BCUT2D eigenvalue weighted by Gasteiger charge is -2.26. The number of amides is 1. The maximum Gasteiger partial charge on any atom is 0.273 e. The topological polar surface area (TPSA) is 178 Å². The molecule has 0 radical (unpaired) electrons. The van der Waals surface area contributed by atoms with E-state index in [9.17, 15) is 31.7 Å². The molecule has 2 N–H and O–H groups in total. The lowest BCUT2D eigenvalue weighted by Crippen LogP contribution is -2.38. The smallest absolute Gasteiger partial charge is 0.273 e. The lowest BCUT2D eigenvalue weighted by atomic mass is 10.2. The second-order valence-corrected chi connectivity index (χ2v) is 12.9. The first-order chi connectivity index (χ1) is 20.3. The van der Waals surface area contributed by atoms with Gasteiger partial charge in [0.15, 0.2) is 0 Å². The molecule has 1 aromatic heterocycles. The van der Waals surface area contributed by atoms with Crippen LogP contribution in [0.15, 0.2) is 95.0 Å². The molecule has 0 bridgehead atoms. The number of pyridine rings is 1. The molecule has 13 nitrogen and oxygen atoms in total. The maximum absolute atomic E-state index is 13.8. The Kier molecular flexibility index (Phi) is 9.18. The Morgan fingerprint density at radius 1 is 1.00 bits per heavy atom. The minimum absolute atomic E-state index is 0.0677. The highest BCUT2D eigenvalue weighted by atomic mass is 35.5. The number of nitrogens with zero attached hydrogens (tertiary/aromatic N) is 3. The van der Waals surface area contributed by atoms with Gasteiger partial charge in [0.25, 0.3) is 25.7 Å². The minimum atomic E-state index is -4.58. The summed E-state index contributed by atoms with van der Waals surface area (Å²) < 4.78 is 61.5. The van der Waals surface area contributed by atoms with Crippen molar-refractivity contribution in [1.82, 2.24) is 4.98 Å². The van der Waals surface area contributed by atoms with Crippen molar-refractivity contribution in [3.05, 3.63) is 106 Å². The number of aromatic nitrogens is 1. The molecule has 0 aliphatic rings. The van der Waals surface area contributed by atoms with Crippen molar-refractivity contribution in [2.24, 2.45) is 0 Å². The number of carbonyl (C=O) groups is 1. The molecule has 0 unspecified atom stereocenters. The summed E-state index contributed by atoms with van der Waals surface area (Å²) in [7, 11) is -7.24. The number of methoxy groups -OCH3 is 1. The number of halogens is 1. The van der Waals surface area contributed by atoms with Crippen molar-refractivity contribution in [3.8, 4) is 5.75 Å². The largest absolute Gasteiger partial charge is 0.495 e. The molecule has 0 aliphatic carbocycles. The van der Waals surface area contributed by atoms with Crippen molar-refractivity contribution in [2.75, 3.05) is 28.0 Å². The molecule has 43 heavy (non-hydrogen) atoms. The zero-order valence-electron chi connectivity index (χ0n) is 22.6. The van der Waals surface area contributed by atoms with Gasteiger partial charge < -0.3 is 10.1 Å². The average Bonchev–Trinajstić information content (AvgIpc) is 2.96. The van der Waals surface area contributed by atoms with Crippen molar-refractivity contribution in [1.29, 1.82) is 0 Å². The third-order valence-electron chi connectivity index (χ3n) is 6.02. The van der Waals surface area contributed by atoms with Gasteiger partial charge in [0.2, 0.25) is 5.91 Å². The zero-order chi connectivity index (χ0) is 31.4. The molecule has 3 aromatic carbocycles. The molecule has 0 atom stereocenters. The third-order valence-corrected chi connectivity index (χ3v) is 9.41. The van der Waals surface area contributed by atoms with E-state index in [4.69, 9.17) is 16.3 Å². The van der Waals surface area contributed by atoms with Gasteiger partial charge in [-0.15, -0.1) is 0 Å². The molecule has 0 saturated carbocycles. The van der Waals surface area contributed by atoms with Gasteiger partial charge in [0.05, 0.1) is 39.4 Å². The highest BCUT2D eigenvalue weighted by molar-refractivity contribution is 7.93. The van der Waals surface area contributed by atoms with E-state index in [-0.39, 0.29) is 38.3 Å². The van der Waals surface area contributed by atoms with E-state index in [2.05, 4.69) is 15.0 Å². The molecule has 224 valence electrons. The van der Waals surface area contributed by atoms with Crippen LogP contribution in [-0.4, -0.2) is 46.3 Å². The first kappa shape index (κ1) is 31.2. The van der Waals surface area contributed by atoms with Crippen LogP contribution in [-0.2, 0) is 24.8 Å². The predicted molar refractivity (Wildman–Crippen MR) is 160 cm³/mol. The lowest BCUT2D eigenvalue weighted by molar-refractivity contribution is -0.385. The van der Waals surface area contributed by atoms with E-state index in [1.54, 1.807) is 6.07 Å². The number of benzene rings is 3. The number of nitrogens with one attached hydrogen (secondary N) is 2. The number of nitro benzene ring substituents is 1. The Labute approximate surface area is 252 Å². The monoisotopic (exact) mass is 645 g/mol. The minimum Gasteiger partial charge on any atom is -0.495 e. The summed E-state index contributed by atoms with van der Waals surface area (Å²) in [6.07, 6.45) is 2.84. The van der Waals surface area contributed by atoms with Crippen LogP contribution in [0.5, 0.6) is 5.75 Å². The summed E-state index contributed by atoms with van der Waals surface area (Å²) in [5.41, 5.74) is 0.172. The number of nitro groups is 1. The number of aryl methyl sites for hydroxylation is 1. The summed E-state index contributed by atoms with van der Waals surface area (Å²) in [5, 5.41) is 14.2. The van der Waals surface area contributed by atoms with Crippen LogP contribution in [0.2, 0.25) is 5.02 Å². The first-order valence-corrected chi connectivity index (χ1v) is 15.6. The second-order valence-electron chi connectivity index (χ2n) is 8.95. The predicted octanol–water partition coefficient (Wildman–Crippen LogP) is 4.60. The van der Waals surface area contributed by atoms with Gasteiger partial charge in [0, 0.05) is 28.5 Å². The van der Waals surface area contributed by atoms with Gasteiger partial charge in [-0.05, 0) is 67.6 Å². The number of rotatable bonds is 11. The molecular weight excluding hydrogens is 622 g/mol. The fourth-order valence-corrected chi connectivity index (χ4v) is 6.57. The van der Waals surface area contributed by atoms with E-state index < -0.39 is 48.0 Å². The summed E-state index contributed by atoms with van der Waals surface area (Å²) in [6.45, 7) is 0.675. The number of carbonyl (C=O) groups excluding carboxylic acids is 1. The highest BCUT2D eigenvalue weighted by Gasteiger charge is 2.31. The molecule has 0 fully saturated rings. The van der Waals surface area contributed by atoms with Gasteiger partial charge in [0.1, 0.15) is 12.3 Å². The van der Waals surface area contributed by atoms with Crippen LogP contribution < -0.4 is 19.1 Å². The molecule has 0 aliphatic heterocycles. The number of ether oxygens (including phenoxy) is 1. The highest BCUT2D eigenvalue weighted by Crippen LogP contribution is 2.36. The van der Waals surface area contributed by atoms with E-state index in [0.29, 0.717) is 0 Å². The Bertz CT molecular complexity index is 1890. The average molecular weight is 646 g/mol. The standard InChI is InChI=1S/C27H24ClN5O8S2/c1-18-5-9-23(15-24(18)33(35)36)43(39,40)32(25-14-19(28)6-12-26(25)41-2)17-27(34)30-20-7-10-22(11-8-20)42(37,38)31-21-4-3-13-29-16-21/h3-16,31H,17H2,1-2H3,(H,30,34). The van der Waals surface area contributed by atoms with E-state index in [1.807, 2.05) is 0 Å². The van der Waals surface area contributed by atoms with Crippen LogP contribution in [0, 0.1) is 17.0 Å². The van der Waals surface area contributed by atoms with Crippen molar-refractivity contribution in [2.45, 2.75) is 16.7 Å². The molecule has 0 saturated heterocycles. The quantitative estimate of drug-likeness (QED) is 0.174. The van der Waals surface area contributed by atoms with Gasteiger partial charge in [-0.25, -0.2) is 16.8 Å². The third kappa shape index (κ3) is 7.20. The van der Waals surface area contributed by atoms with Crippen LogP contribution in [0.4, 0.5) is 22.7 Å². The molecule has 4 rings (SSSR count). The van der Waals surface area contributed by atoms with Gasteiger partial charge >= 0.3 is 0 Å². The number of hydrogen-bond acceptors (Lipinski definition) is 9. The molecule has 1 heterocycles. The molecule has 16 heteroatoms. The summed E-state index contributed by atoms with van der Waals surface area (Å²) in [5.74, 6) is -0.741. The van der Waals surface area contributed by atoms with Gasteiger partial charge in [-0.1, -0.05) is 17.7 Å². The van der Waals surface area contributed by atoms with Crippen molar-refractivity contribution >= 4 is 60.3 Å². The van der Waals surface area contributed by atoms with Crippen LogP contribution in [0.3, 0.4) is 0 Å². The zero-order valence-corrected chi connectivity index (χ0v) is 25.0. The summed E-state index contributed by atoms with van der Waals surface area (Å²) in [6, 6.07) is 15.8. The van der Waals surface area contributed by atoms with E-state index in [1.165, 1.54) is 87.1 Å². The van der Waals surface area contributed by atoms with E-state index >= 15 is 0 Å². The SMILES string of the molecule is COc1ccc(Cl)cc1N(CC(=O)Nc1ccc(S(=O)(=O)Nc2cccnc2)cc1)S(=O)(=O)c1ccc(C)c([N+](=O)[O-])c1. The Morgan fingerprint density at radius 2 is 1.70 bits per heavy atom. The number of sulfonamides is 2. The second kappa shape index (κ2) is 12.6. The fraction of sp³-hybridized carbons (Fsp3) is 0.111. The summed E-state index contributed by atoms with van der Waals surface area (Å²) >= 11 is 6.15. The van der Waals surface area contributed by atoms with Crippen molar-refractivity contribution in [3.63, 3.8) is 0 Å². The fourth-order valence-electron chi connectivity index (χ4n) is 3.92. The number of anilines is 3. The van der Waals surface area contributed by atoms with Crippen LogP contribution in [0.25, 0.3) is 0 Å². The summed E-state index contributed by atoms with van der Waals surface area (Å²) in [4.78, 5) is 27.3. The maximum atomic E-state index is 13.8. The first-order valence-electron chi connectivity index (χ1n) is 12.3. The molecule has 4 aromatic rings. The van der Waals surface area contributed by atoms with Gasteiger partial charge in [-0.3, -0.25) is 28.9 Å². The van der Waals surface area contributed by atoms with Gasteiger partial charge in [-0.2, -0.15) is 0 Å². The normalized spacial score (nSPS) is 11.4.